The molecule has 2 nitrogen and oxygen atoms in total. The lowest BCUT2D eigenvalue weighted by Gasteiger charge is -2.35. The molecule has 1 aromatic rings. The van der Waals surface area contributed by atoms with E-state index in [4.69, 9.17) is 10.5 Å². The molecule has 90 valence electrons. The largest absolute Gasteiger partial charge is 0.381 e. The van der Waals surface area contributed by atoms with Crippen LogP contribution in [-0.4, -0.2) is 19.8 Å². The highest BCUT2D eigenvalue weighted by Crippen LogP contribution is 2.35. The molecule has 2 N–H and O–H groups in total. The molecule has 2 rings (SSSR count). The van der Waals surface area contributed by atoms with E-state index in [9.17, 15) is 0 Å². The summed E-state index contributed by atoms with van der Waals surface area (Å²) in [7, 11) is 0. The van der Waals surface area contributed by atoms with Gasteiger partial charge in [-0.25, -0.2) is 0 Å². The summed E-state index contributed by atoms with van der Waals surface area (Å²) in [6.45, 7) is 4.75. The molecule has 0 unspecified atom stereocenters. The smallest absolute Gasteiger partial charge is 0.0471 e. The second-order valence-electron chi connectivity index (χ2n) is 4.71. The number of nitrogens with two attached hydrogens (primary N) is 1. The van der Waals surface area contributed by atoms with Gasteiger partial charge in [-0.3, -0.25) is 0 Å². The Morgan fingerprint density at radius 2 is 2.00 bits per heavy atom. The van der Waals surface area contributed by atoms with E-state index in [1.54, 1.807) is 0 Å². The third kappa shape index (κ3) is 2.65. The summed E-state index contributed by atoms with van der Waals surface area (Å²) in [4.78, 5) is 2.97. The predicted molar refractivity (Wildman–Crippen MR) is 68.9 cm³/mol. The first kappa shape index (κ1) is 12.1. The molecule has 3 heteroatoms. The van der Waals surface area contributed by atoms with Crippen LogP contribution in [0.3, 0.4) is 0 Å². The maximum atomic E-state index is 5.97. The Morgan fingerprint density at radius 3 is 2.56 bits per heavy atom. The summed E-state index contributed by atoms with van der Waals surface area (Å²) in [5, 5.41) is 0. The van der Waals surface area contributed by atoms with Gasteiger partial charge in [0.2, 0.25) is 0 Å². The monoisotopic (exact) mass is 239 g/mol. The Hall–Kier alpha value is -0.380. The molecule has 0 aromatic carbocycles. The van der Waals surface area contributed by atoms with Crippen molar-refractivity contribution >= 4 is 11.3 Å². The van der Waals surface area contributed by atoms with Crippen molar-refractivity contribution in [3.63, 3.8) is 0 Å². The maximum absolute atomic E-state index is 5.97. The fourth-order valence-corrected chi connectivity index (χ4v) is 3.47. The van der Waals surface area contributed by atoms with Crippen molar-refractivity contribution in [2.24, 2.45) is 11.1 Å². The fraction of sp³-hybridized carbons (Fsp3) is 0.692. The summed E-state index contributed by atoms with van der Waals surface area (Å²) < 4.78 is 5.44. The third-order valence-corrected chi connectivity index (χ3v) is 4.83. The van der Waals surface area contributed by atoms with E-state index in [1.165, 1.54) is 9.75 Å². The summed E-state index contributed by atoms with van der Waals surface area (Å²) in [5.41, 5.74) is 6.27. The Kier molecular flexibility index (Phi) is 4.00. The van der Waals surface area contributed by atoms with Crippen LogP contribution in [0, 0.1) is 5.41 Å². The van der Waals surface area contributed by atoms with E-state index in [0.29, 0.717) is 5.41 Å². The van der Waals surface area contributed by atoms with Gasteiger partial charge in [-0.15, -0.1) is 11.3 Å². The summed E-state index contributed by atoms with van der Waals surface area (Å²) in [5.74, 6) is 0. The van der Waals surface area contributed by atoms with Crippen LogP contribution in [0.1, 0.15) is 29.5 Å². The lowest BCUT2D eigenvalue weighted by molar-refractivity contribution is 0.0195. The van der Waals surface area contributed by atoms with Gasteiger partial charge in [0.15, 0.2) is 0 Å². The molecule has 1 aliphatic rings. The van der Waals surface area contributed by atoms with Crippen molar-refractivity contribution in [3.05, 3.63) is 21.9 Å². The molecular formula is C13H21NOS. The number of thiophene rings is 1. The topological polar surface area (TPSA) is 35.2 Å². The van der Waals surface area contributed by atoms with E-state index in [2.05, 4.69) is 19.1 Å². The highest BCUT2D eigenvalue weighted by molar-refractivity contribution is 7.11. The van der Waals surface area contributed by atoms with E-state index < -0.39 is 0 Å². The maximum Gasteiger partial charge on any atom is 0.0471 e. The first-order chi connectivity index (χ1) is 7.78. The number of hydrogen-bond donors (Lipinski definition) is 1. The molecule has 0 atom stereocenters. The molecular weight excluding hydrogens is 218 g/mol. The lowest BCUT2D eigenvalue weighted by Crippen LogP contribution is -2.38. The van der Waals surface area contributed by atoms with Crippen molar-refractivity contribution in [1.82, 2.24) is 0 Å². The summed E-state index contributed by atoms with van der Waals surface area (Å²) in [6.07, 6.45) is 4.51. The minimum Gasteiger partial charge on any atom is -0.381 e. The Bertz CT molecular complexity index is 328. The van der Waals surface area contributed by atoms with Gasteiger partial charge in [0.1, 0.15) is 0 Å². The van der Waals surface area contributed by atoms with Gasteiger partial charge < -0.3 is 10.5 Å². The lowest BCUT2D eigenvalue weighted by atomic mass is 9.77. The van der Waals surface area contributed by atoms with Gasteiger partial charge in [0.25, 0.3) is 0 Å². The van der Waals surface area contributed by atoms with Crippen LogP contribution in [-0.2, 0) is 17.6 Å². The van der Waals surface area contributed by atoms with Crippen molar-refractivity contribution < 1.29 is 4.74 Å². The first-order valence-corrected chi connectivity index (χ1v) is 6.95. The zero-order valence-corrected chi connectivity index (χ0v) is 10.8. The molecule has 1 saturated heterocycles. The zero-order valence-electron chi connectivity index (χ0n) is 10.00. The fourth-order valence-electron chi connectivity index (χ4n) is 2.33. The van der Waals surface area contributed by atoms with Crippen molar-refractivity contribution in [2.75, 3.05) is 19.8 Å². The molecule has 1 aliphatic heterocycles. The van der Waals surface area contributed by atoms with Gasteiger partial charge in [0, 0.05) is 23.0 Å². The van der Waals surface area contributed by atoms with Crippen molar-refractivity contribution in [3.8, 4) is 0 Å². The van der Waals surface area contributed by atoms with Crippen LogP contribution in [0.4, 0.5) is 0 Å². The number of rotatable bonds is 4. The molecule has 0 saturated carbocycles. The van der Waals surface area contributed by atoms with Gasteiger partial charge in [-0.05, 0) is 49.8 Å². The van der Waals surface area contributed by atoms with Crippen LogP contribution >= 0.6 is 11.3 Å². The highest BCUT2D eigenvalue weighted by atomic mass is 32.1. The standard InChI is InChI=1S/C13H21NOS/c1-2-11-3-4-12(16-11)9-13(10-14)5-7-15-8-6-13/h3-4H,2,5-10,14H2,1H3. The second-order valence-corrected chi connectivity index (χ2v) is 5.97. The predicted octanol–water partition coefficient (Wildman–Crippen LogP) is 2.61. The van der Waals surface area contributed by atoms with Gasteiger partial charge in [-0.2, -0.15) is 0 Å². The van der Waals surface area contributed by atoms with Crippen LogP contribution in [0.25, 0.3) is 0 Å². The van der Waals surface area contributed by atoms with E-state index in [1.807, 2.05) is 11.3 Å². The van der Waals surface area contributed by atoms with Crippen LogP contribution < -0.4 is 5.73 Å². The molecule has 16 heavy (non-hydrogen) atoms. The Balaban J connectivity index is 2.05. The Labute approximate surface area is 102 Å². The number of ether oxygens (including phenoxy) is 1. The molecule has 0 aliphatic carbocycles. The molecule has 1 aromatic heterocycles. The zero-order chi connectivity index (χ0) is 11.4. The van der Waals surface area contributed by atoms with E-state index >= 15 is 0 Å². The van der Waals surface area contributed by atoms with Crippen LogP contribution in [0.5, 0.6) is 0 Å². The van der Waals surface area contributed by atoms with E-state index in [-0.39, 0.29) is 0 Å². The molecule has 1 fully saturated rings. The molecule has 0 amide bonds. The Morgan fingerprint density at radius 1 is 1.31 bits per heavy atom. The SMILES string of the molecule is CCc1ccc(CC2(CN)CCOCC2)s1. The summed E-state index contributed by atoms with van der Waals surface area (Å²) >= 11 is 1.94. The third-order valence-electron chi connectivity index (χ3n) is 3.60. The average Bonchev–Trinajstić information content (AvgIpc) is 2.78. The quantitative estimate of drug-likeness (QED) is 0.876. The summed E-state index contributed by atoms with van der Waals surface area (Å²) in [6, 6.07) is 4.53. The molecule has 0 bridgehead atoms. The van der Waals surface area contributed by atoms with Crippen molar-refractivity contribution in [2.45, 2.75) is 32.6 Å². The van der Waals surface area contributed by atoms with Crippen LogP contribution in [0.2, 0.25) is 0 Å². The van der Waals surface area contributed by atoms with Crippen molar-refractivity contribution in [1.29, 1.82) is 0 Å². The minimum atomic E-state index is 0.300. The van der Waals surface area contributed by atoms with Gasteiger partial charge in [0.05, 0.1) is 0 Å². The van der Waals surface area contributed by atoms with Gasteiger partial charge in [-0.1, -0.05) is 6.92 Å². The molecule has 0 spiro atoms. The van der Waals surface area contributed by atoms with Crippen LogP contribution in [0.15, 0.2) is 12.1 Å². The molecule has 0 radical (unpaired) electrons. The minimum absolute atomic E-state index is 0.300. The number of aryl methyl sites for hydroxylation is 1. The molecule has 2 heterocycles. The first-order valence-electron chi connectivity index (χ1n) is 6.13. The number of hydrogen-bond acceptors (Lipinski definition) is 3. The van der Waals surface area contributed by atoms with E-state index in [0.717, 1.165) is 45.4 Å². The highest BCUT2D eigenvalue weighted by Gasteiger charge is 2.31. The normalized spacial score (nSPS) is 19.9. The second kappa shape index (κ2) is 5.30. The van der Waals surface area contributed by atoms with Gasteiger partial charge >= 0.3 is 0 Å². The average molecular weight is 239 g/mol.